The van der Waals surface area contributed by atoms with Crippen molar-refractivity contribution in [1.82, 2.24) is 9.97 Å². The van der Waals surface area contributed by atoms with Crippen LogP contribution in [-0.4, -0.2) is 9.97 Å². The minimum Gasteiger partial charge on any atom is -0.216 e. The second-order valence-electron chi connectivity index (χ2n) is 3.08. The molecule has 3 aromatic rings. The van der Waals surface area contributed by atoms with E-state index in [-0.39, 0.29) is 5.28 Å². The van der Waals surface area contributed by atoms with Crippen LogP contribution < -0.4 is 0 Å². The monoisotopic (exact) mass is 254 g/mol. The second kappa shape index (κ2) is 3.30. The van der Waals surface area contributed by atoms with Crippen molar-refractivity contribution in [2.24, 2.45) is 0 Å². The first-order chi connectivity index (χ1) is 7.25. The number of aromatic nitrogens is 2. The fourth-order valence-corrected chi connectivity index (χ4v) is 2.89. The number of nitrogens with zero attached hydrogens (tertiary/aromatic N) is 2. The fourth-order valence-electron chi connectivity index (χ4n) is 1.55. The van der Waals surface area contributed by atoms with Gasteiger partial charge in [-0.25, -0.2) is 9.97 Å². The van der Waals surface area contributed by atoms with Gasteiger partial charge >= 0.3 is 0 Å². The highest BCUT2D eigenvalue weighted by molar-refractivity contribution is 7.18. The highest BCUT2D eigenvalue weighted by Gasteiger charge is 2.08. The Balaban J connectivity index is 2.61. The zero-order valence-corrected chi connectivity index (χ0v) is 9.70. The normalized spacial score (nSPS) is 11.3. The molecular weight excluding hydrogens is 251 g/mol. The van der Waals surface area contributed by atoms with Crippen molar-refractivity contribution >= 4 is 55.5 Å². The van der Waals surface area contributed by atoms with Gasteiger partial charge in [-0.15, -0.1) is 11.3 Å². The first-order valence-electron chi connectivity index (χ1n) is 4.24. The highest BCUT2D eigenvalue weighted by atomic mass is 35.5. The van der Waals surface area contributed by atoms with Crippen LogP contribution in [0.2, 0.25) is 10.4 Å². The Bertz CT molecular complexity index is 663. The molecule has 74 valence electrons. The highest BCUT2D eigenvalue weighted by Crippen LogP contribution is 2.31. The molecule has 0 N–H and O–H groups in total. The summed E-state index contributed by atoms with van der Waals surface area (Å²) in [5.74, 6) is 0. The number of hydrogen-bond acceptors (Lipinski definition) is 3. The van der Waals surface area contributed by atoms with Crippen LogP contribution in [0.25, 0.3) is 21.0 Å². The van der Waals surface area contributed by atoms with E-state index in [0.29, 0.717) is 5.15 Å². The lowest BCUT2D eigenvalue weighted by molar-refractivity contribution is 1.23. The van der Waals surface area contributed by atoms with Crippen molar-refractivity contribution in [2.75, 3.05) is 0 Å². The van der Waals surface area contributed by atoms with E-state index in [1.54, 1.807) is 11.3 Å². The summed E-state index contributed by atoms with van der Waals surface area (Å²) >= 11 is 13.4. The van der Waals surface area contributed by atoms with Crippen LogP contribution >= 0.6 is 34.5 Å². The van der Waals surface area contributed by atoms with Crippen molar-refractivity contribution in [2.45, 2.75) is 0 Å². The van der Waals surface area contributed by atoms with Gasteiger partial charge in [-0.2, -0.15) is 0 Å². The van der Waals surface area contributed by atoms with Crippen LogP contribution in [0.1, 0.15) is 0 Å². The third kappa shape index (κ3) is 1.39. The van der Waals surface area contributed by atoms with Gasteiger partial charge in [0.25, 0.3) is 0 Å². The summed E-state index contributed by atoms with van der Waals surface area (Å²) < 4.78 is 1.10. The summed E-state index contributed by atoms with van der Waals surface area (Å²) in [7, 11) is 0. The molecule has 0 fully saturated rings. The first kappa shape index (κ1) is 9.33. The predicted octanol–water partition coefficient (Wildman–Crippen LogP) is 4.15. The molecule has 15 heavy (non-hydrogen) atoms. The summed E-state index contributed by atoms with van der Waals surface area (Å²) in [5, 5.41) is 4.61. The molecule has 0 saturated heterocycles. The molecule has 0 aliphatic heterocycles. The molecule has 2 heterocycles. The lowest BCUT2D eigenvalue weighted by Crippen LogP contribution is -1.86. The maximum atomic E-state index is 6.00. The van der Waals surface area contributed by atoms with Crippen LogP contribution in [0.5, 0.6) is 0 Å². The van der Waals surface area contributed by atoms with Crippen molar-refractivity contribution in [3.05, 3.63) is 34.0 Å². The van der Waals surface area contributed by atoms with Crippen LogP contribution in [0, 0.1) is 0 Å². The minimum atomic E-state index is 0.188. The average Bonchev–Trinajstić information content (AvgIpc) is 2.65. The number of benzene rings is 1. The second-order valence-corrected chi connectivity index (χ2v) is 4.70. The van der Waals surface area contributed by atoms with E-state index in [4.69, 9.17) is 23.2 Å². The van der Waals surface area contributed by atoms with Gasteiger partial charge in [-0.05, 0) is 34.5 Å². The van der Waals surface area contributed by atoms with Crippen molar-refractivity contribution in [3.63, 3.8) is 0 Å². The smallest absolute Gasteiger partial charge is 0.216 e. The number of hydrogen-bond donors (Lipinski definition) is 0. The van der Waals surface area contributed by atoms with E-state index in [1.165, 1.54) is 0 Å². The molecule has 0 radical (unpaired) electrons. The summed E-state index contributed by atoms with van der Waals surface area (Å²) in [6, 6.07) is 5.98. The van der Waals surface area contributed by atoms with E-state index >= 15 is 0 Å². The molecule has 0 aliphatic carbocycles. The van der Waals surface area contributed by atoms with Gasteiger partial charge in [0.15, 0.2) is 0 Å². The maximum absolute atomic E-state index is 6.00. The number of thiophene rings is 1. The molecule has 5 heteroatoms. The summed E-state index contributed by atoms with van der Waals surface area (Å²) in [6.07, 6.45) is 0. The summed E-state index contributed by atoms with van der Waals surface area (Å²) in [4.78, 5) is 8.13. The van der Waals surface area contributed by atoms with Crippen LogP contribution in [0.3, 0.4) is 0 Å². The average molecular weight is 255 g/mol. The lowest BCUT2D eigenvalue weighted by Gasteiger charge is -2.00. The molecule has 0 atom stereocenters. The molecule has 1 aromatic carbocycles. The lowest BCUT2D eigenvalue weighted by atomic mass is 10.2. The largest absolute Gasteiger partial charge is 0.224 e. The Morgan fingerprint density at radius 2 is 1.93 bits per heavy atom. The Kier molecular flexibility index (Phi) is 2.06. The summed E-state index contributed by atoms with van der Waals surface area (Å²) in [5.41, 5.74) is 0.826. The number of fused-ring (bicyclic) bond motifs is 3. The molecule has 2 nitrogen and oxygen atoms in total. The van der Waals surface area contributed by atoms with E-state index < -0.39 is 0 Å². The fraction of sp³-hybridized carbons (Fsp3) is 0. The zero-order valence-electron chi connectivity index (χ0n) is 7.37. The number of rotatable bonds is 0. The molecule has 0 aliphatic rings. The van der Waals surface area contributed by atoms with Crippen LogP contribution in [0.15, 0.2) is 23.6 Å². The molecule has 0 amide bonds. The van der Waals surface area contributed by atoms with Gasteiger partial charge < -0.3 is 0 Å². The summed E-state index contributed by atoms with van der Waals surface area (Å²) in [6.45, 7) is 0. The Morgan fingerprint density at radius 1 is 1.07 bits per heavy atom. The van der Waals surface area contributed by atoms with Crippen molar-refractivity contribution in [1.29, 1.82) is 0 Å². The van der Waals surface area contributed by atoms with E-state index in [9.17, 15) is 0 Å². The molecular formula is C10H4Cl2N2S. The quantitative estimate of drug-likeness (QED) is 0.445. The van der Waals surface area contributed by atoms with Gasteiger partial charge in [0.1, 0.15) is 5.15 Å². The van der Waals surface area contributed by atoms with Gasteiger partial charge in [-0.1, -0.05) is 17.7 Å². The SMILES string of the molecule is Clc1nc(Cl)c2ccc3ccsc3c2n1. The van der Waals surface area contributed by atoms with Gasteiger partial charge in [0.05, 0.1) is 10.2 Å². The van der Waals surface area contributed by atoms with E-state index in [1.807, 2.05) is 23.6 Å². The molecule has 2 aromatic heterocycles. The van der Waals surface area contributed by atoms with Crippen LogP contribution in [-0.2, 0) is 0 Å². The zero-order chi connectivity index (χ0) is 10.4. The van der Waals surface area contributed by atoms with Crippen molar-refractivity contribution in [3.8, 4) is 0 Å². The van der Waals surface area contributed by atoms with Crippen molar-refractivity contribution < 1.29 is 0 Å². The maximum Gasteiger partial charge on any atom is 0.224 e. The van der Waals surface area contributed by atoms with Gasteiger partial charge in [0.2, 0.25) is 5.28 Å². The molecule has 0 spiro atoms. The molecule has 3 rings (SSSR count). The Labute approximate surface area is 99.5 Å². The van der Waals surface area contributed by atoms with Gasteiger partial charge in [0, 0.05) is 5.39 Å². The van der Waals surface area contributed by atoms with Gasteiger partial charge in [-0.3, -0.25) is 0 Å². The topological polar surface area (TPSA) is 25.8 Å². The van der Waals surface area contributed by atoms with E-state index in [2.05, 4.69) is 9.97 Å². The molecule has 0 bridgehead atoms. The Morgan fingerprint density at radius 3 is 2.80 bits per heavy atom. The molecule has 0 saturated carbocycles. The van der Waals surface area contributed by atoms with Crippen LogP contribution in [0.4, 0.5) is 0 Å². The third-order valence-electron chi connectivity index (χ3n) is 2.21. The first-order valence-corrected chi connectivity index (χ1v) is 5.88. The number of halogens is 2. The standard InChI is InChI=1S/C10H4Cl2N2S/c11-9-6-2-1-5-3-4-15-8(5)7(6)13-10(12)14-9/h1-4H. The third-order valence-corrected chi connectivity index (χ3v) is 3.61. The Hall–Kier alpha value is -0.900. The minimum absolute atomic E-state index is 0.188. The predicted molar refractivity (Wildman–Crippen MR) is 64.9 cm³/mol. The van der Waals surface area contributed by atoms with E-state index in [0.717, 1.165) is 21.0 Å². The molecule has 0 unspecified atom stereocenters.